The van der Waals surface area contributed by atoms with Gasteiger partial charge in [0.25, 0.3) is 0 Å². The largest absolute Gasteiger partial charge is 0.381 e. The highest BCUT2D eigenvalue weighted by Crippen LogP contribution is 2.23. The van der Waals surface area contributed by atoms with E-state index >= 15 is 0 Å². The van der Waals surface area contributed by atoms with E-state index in [4.69, 9.17) is 4.74 Å². The number of carbonyl (C=O) groups is 1. The Morgan fingerprint density at radius 3 is 2.67 bits per heavy atom. The number of benzene rings is 2. The van der Waals surface area contributed by atoms with E-state index in [1.165, 1.54) is 5.56 Å². The van der Waals surface area contributed by atoms with Crippen LogP contribution in [-0.4, -0.2) is 53.9 Å². The van der Waals surface area contributed by atoms with Crippen LogP contribution in [0.4, 0.5) is 11.4 Å². The lowest BCUT2D eigenvalue weighted by Gasteiger charge is -2.25. The van der Waals surface area contributed by atoms with Crippen molar-refractivity contribution in [2.45, 2.75) is 13.5 Å². The van der Waals surface area contributed by atoms with Crippen molar-refractivity contribution in [3.63, 3.8) is 0 Å². The van der Waals surface area contributed by atoms with Gasteiger partial charge in [-0.3, -0.25) is 14.8 Å². The number of H-pyrrole nitrogens is 1. The fourth-order valence-electron chi connectivity index (χ4n) is 3.53. The standard InChI is InChI=1S/C23H27N5O2/c1-17-3-2-4-18(13-17)23-19(15-25-27-23)14-24-20-5-7-21(8-6-20)26-22(29)16-28-9-11-30-12-10-28/h2-8,13,15,24H,9-12,14,16H2,1H3,(H,25,27)(H,26,29). The van der Waals surface area contributed by atoms with Gasteiger partial charge < -0.3 is 15.4 Å². The quantitative estimate of drug-likeness (QED) is 0.562. The number of morpholine rings is 1. The van der Waals surface area contributed by atoms with Crippen LogP contribution in [0.5, 0.6) is 0 Å². The Bertz CT molecular complexity index is 977. The monoisotopic (exact) mass is 405 g/mol. The van der Waals surface area contributed by atoms with E-state index in [-0.39, 0.29) is 5.91 Å². The van der Waals surface area contributed by atoms with Crippen molar-refractivity contribution < 1.29 is 9.53 Å². The summed E-state index contributed by atoms with van der Waals surface area (Å²) in [7, 11) is 0. The molecule has 1 aliphatic rings. The molecule has 4 rings (SSSR count). The summed E-state index contributed by atoms with van der Waals surface area (Å²) in [6, 6.07) is 16.1. The molecule has 0 radical (unpaired) electrons. The van der Waals surface area contributed by atoms with E-state index < -0.39 is 0 Å². The molecule has 7 nitrogen and oxygen atoms in total. The fraction of sp³-hybridized carbons (Fsp3) is 0.304. The number of ether oxygens (including phenoxy) is 1. The minimum absolute atomic E-state index is 0.00111. The van der Waals surface area contributed by atoms with E-state index in [1.807, 2.05) is 30.5 Å². The first-order valence-corrected chi connectivity index (χ1v) is 10.2. The first-order chi connectivity index (χ1) is 14.7. The average molecular weight is 406 g/mol. The fourth-order valence-corrected chi connectivity index (χ4v) is 3.53. The molecule has 2 aromatic carbocycles. The summed E-state index contributed by atoms with van der Waals surface area (Å²) < 4.78 is 5.31. The Labute approximate surface area is 176 Å². The summed E-state index contributed by atoms with van der Waals surface area (Å²) in [5.74, 6) is -0.00111. The summed E-state index contributed by atoms with van der Waals surface area (Å²) in [5.41, 5.74) is 6.25. The van der Waals surface area contributed by atoms with Gasteiger partial charge in [0.05, 0.1) is 31.6 Å². The molecule has 0 spiro atoms. The molecule has 0 unspecified atom stereocenters. The third-order valence-electron chi connectivity index (χ3n) is 5.15. The van der Waals surface area contributed by atoms with Crippen molar-refractivity contribution in [1.82, 2.24) is 15.1 Å². The van der Waals surface area contributed by atoms with Gasteiger partial charge in [0.2, 0.25) is 5.91 Å². The molecular weight excluding hydrogens is 378 g/mol. The molecule has 2 heterocycles. The van der Waals surface area contributed by atoms with E-state index in [1.54, 1.807) is 0 Å². The molecule has 7 heteroatoms. The van der Waals surface area contributed by atoms with Gasteiger partial charge in [-0.05, 0) is 37.3 Å². The zero-order valence-electron chi connectivity index (χ0n) is 17.1. The second kappa shape index (κ2) is 9.56. The molecule has 1 aliphatic heterocycles. The number of anilines is 2. The number of carbonyl (C=O) groups excluding carboxylic acids is 1. The van der Waals surface area contributed by atoms with Crippen LogP contribution in [0.2, 0.25) is 0 Å². The molecule has 1 aromatic heterocycles. The lowest BCUT2D eigenvalue weighted by molar-refractivity contribution is -0.118. The van der Waals surface area contributed by atoms with E-state index in [0.717, 1.165) is 41.3 Å². The second-order valence-electron chi connectivity index (χ2n) is 7.51. The van der Waals surface area contributed by atoms with Gasteiger partial charge in [-0.15, -0.1) is 0 Å². The van der Waals surface area contributed by atoms with Crippen molar-refractivity contribution >= 4 is 17.3 Å². The first-order valence-electron chi connectivity index (χ1n) is 10.2. The first kappa shape index (κ1) is 20.1. The van der Waals surface area contributed by atoms with Crippen LogP contribution in [0.1, 0.15) is 11.1 Å². The lowest BCUT2D eigenvalue weighted by Crippen LogP contribution is -2.41. The summed E-state index contributed by atoms with van der Waals surface area (Å²) in [4.78, 5) is 14.3. The Balaban J connectivity index is 1.31. The number of rotatable bonds is 7. The molecule has 1 fully saturated rings. The maximum atomic E-state index is 12.2. The Kier molecular flexibility index (Phi) is 6.41. The summed E-state index contributed by atoms with van der Waals surface area (Å²) in [5, 5.41) is 13.7. The molecule has 156 valence electrons. The van der Waals surface area contributed by atoms with Gasteiger partial charge in [-0.25, -0.2) is 0 Å². The normalized spacial score (nSPS) is 14.4. The van der Waals surface area contributed by atoms with E-state index in [9.17, 15) is 4.79 Å². The van der Waals surface area contributed by atoms with Gasteiger partial charge in [0, 0.05) is 42.1 Å². The number of aromatic nitrogens is 2. The van der Waals surface area contributed by atoms with E-state index in [0.29, 0.717) is 26.3 Å². The summed E-state index contributed by atoms with van der Waals surface area (Å²) in [6.07, 6.45) is 1.85. The maximum Gasteiger partial charge on any atom is 0.238 e. The molecule has 0 atom stereocenters. The molecule has 0 bridgehead atoms. The van der Waals surface area contributed by atoms with Crippen molar-refractivity contribution in [2.24, 2.45) is 0 Å². The molecule has 3 aromatic rings. The smallest absolute Gasteiger partial charge is 0.238 e. The van der Waals surface area contributed by atoms with Crippen molar-refractivity contribution in [3.05, 3.63) is 65.9 Å². The molecule has 0 saturated carbocycles. The third kappa shape index (κ3) is 5.25. The zero-order valence-corrected chi connectivity index (χ0v) is 17.1. The number of hydrogen-bond acceptors (Lipinski definition) is 5. The average Bonchev–Trinajstić information content (AvgIpc) is 3.23. The van der Waals surface area contributed by atoms with Gasteiger partial charge >= 0.3 is 0 Å². The molecule has 1 amide bonds. The van der Waals surface area contributed by atoms with Crippen molar-refractivity contribution in [2.75, 3.05) is 43.5 Å². The zero-order chi connectivity index (χ0) is 20.8. The van der Waals surface area contributed by atoms with Gasteiger partial charge in [-0.1, -0.05) is 23.8 Å². The van der Waals surface area contributed by atoms with Crippen LogP contribution in [0.15, 0.2) is 54.7 Å². The Hall–Kier alpha value is -3.16. The van der Waals surface area contributed by atoms with Crippen LogP contribution in [0.25, 0.3) is 11.3 Å². The predicted octanol–water partition coefficient (Wildman–Crippen LogP) is 3.27. The van der Waals surface area contributed by atoms with Crippen LogP contribution < -0.4 is 10.6 Å². The Morgan fingerprint density at radius 2 is 1.90 bits per heavy atom. The number of amides is 1. The number of hydrogen-bond donors (Lipinski definition) is 3. The lowest BCUT2D eigenvalue weighted by atomic mass is 10.1. The molecule has 0 aliphatic carbocycles. The number of nitrogens with one attached hydrogen (secondary N) is 3. The van der Waals surface area contributed by atoms with Gasteiger partial charge in [0.15, 0.2) is 0 Å². The van der Waals surface area contributed by atoms with Crippen molar-refractivity contribution in [1.29, 1.82) is 0 Å². The second-order valence-corrected chi connectivity index (χ2v) is 7.51. The number of nitrogens with zero attached hydrogens (tertiary/aromatic N) is 2. The molecule has 30 heavy (non-hydrogen) atoms. The van der Waals surface area contributed by atoms with E-state index in [2.05, 4.69) is 56.9 Å². The van der Waals surface area contributed by atoms with Crippen LogP contribution >= 0.6 is 0 Å². The summed E-state index contributed by atoms with van der Waals surface area (Å²) >= 11 is 0. The van der Waals surface area contributed by atoms with Crippen LogP contribution in [0, 0.1) is 6.92 Å². The molecular formula is C23H27N5O2. The van der Waals surface area contributed by atoms with Crippen LogP contribution in [-0.2, 0) is 16.1 Å². The highest BCUT2D eigenvalue weighted by Gasteiger charge is 2.14. The highest BCUT2D eigenvalue weighted by atomic mass is 16.5. The summed E-state index contributed by atoms with van der Waals surface area (Å²) in [6.45, 7) is 6.11. The maximum absolute atomic E-state index is 12.2. The van der Waals surface area contributed by atoms with Gasteiger partial charge in [0.1, 0.15) is 0 Å². The molecule has 1 saturated heterocycles. The van der Waals surface area contributed by atoms with Crippen molar-refractivity contribution in [3.8, 4) is 11.3 Å². The third-order valence-corrected chi connectivity index (χ3v) is 5.15. The minimum Gasteiger partial charge on any atom is -0.381 e. The minimum atomic E-state index is -0.00111. The SMILES string of the molecule is Cc1cccc(-c2[nH]ncc2CNc2ccc(NC(=O)CN3CCOCC3)cc2)c1. The topological polar surface area (TPSA) is 82.3 Å². The van der Waals surface area contributed by atoms with Gasteiger partial charge in [-0.2, -0.15) is 5.10 Å². The molecule has 3 N–H and O–H groups in total. The number of aryl methyl sites for hydroxylation is 1. The highest BCUT2D eigenvalue weighted by molar-refractivity contribution is 5.92. The van der Waals surface area contributed by atoms with Crippen LogP contribution in [0.3, 0.4) is 0 Å². The number of aromatic amines is 1. The predicted molar refractivity (Wildman–Crippen MR) is 118 cm³/mol. The Morgan fingerprint density at radius 1 is 1.13 bits per heavy atom.